The Labute approximate surface area is 109 Å². The molecule has 2 aromatic rings. The van der Waals surface area contributed by atoms with E-state index in [-0.39, 0.29) is 6.04 Å². The number of furan rings is 1. The number of hydrogen-bond acceptors (Lipinski definition) is 2. The second-order valence-electron chi connectivity index (χ2n) is 4.79. The third-order valence-electron chi connectivity index (χ3n) is 3.34. The monoisotopic (exact) mass is 243 g/mol. The molecule has 0 amide bonds. The topological polar surface area (TPSA) is 25.2 Å². The van der Waals surface area contributed by atoms with E-state index in [1.54, 1.807) is 6.26 Å². The molecular formula is C16H21NO. The average molecular weight is 243 g/mol. The minimum absolute atomic E-state index is 0.225. The van der Waals surface area contributed by atoms with E-state index >= 15 is 0 Å². The maximum absolute atomic E-state index is 5.21. The van der Waals surface area contributed by atoms with Gasteiger partial charge in [-0.2, -0.15) is 0 Å². The van der Waals surface area contributed by atoms with Crippen molar-refractivity contribution in [2.24, 2.45) is 0 Å². The molecule has 0 spiro atoms. The first-order valence-electron chi connectivity index (χ1n) is 6.55. The highest BCUT2D eigenvalue weighted by molar-refractivity contribution is 5.36. The van der Waals surface area contributed by atoms with E-state index in [0.717, 1.165) is 13.0 Å². The van der Waals surface area contributed by atoms with Crippen LogP contribution in [-0.2, 0) is 0 Å². The zero-order valence-corrected chi connectivity index (χ0v) is 11.4. The molecule has 0 saturated heterocycles. The third-order valence-corrected chi connectivity index (χ3v) is 3.34. The van der Waals surface area contributed by atoms with Crippen molar-refractivity contribution < 1.29 is 4.42 Å². The van der Waals surface area contributed by atoms with Crippen LogP contribution in [-0.4, -0.2) is 6.54 Å². The zero-order chi connectivity index (χ0) is 13.0. The van der Waals surface area contributed by atoms with Gasteiger partial charge in [-0.25, -0.2) is 0 Å². The number of hydrogen-bond donors (Lipinski definition) is 1. The summed E-state index contributed by atoms with van der Waals surface area (Å²) in [4.78, 5) is 0. The molecule has 0 bridgehead atoms. The van der Waals surface area contributed by atoms with E-state index in [0.29, 0.717) is 0 Å². The first kappa shape index (κ1) is 12.9. The van der Waals surface area contributed by atoms with Crippen LogP contribution in [0.3, 0.4) is 0 Å². The van der Waals surface area contributed by atoms with Crippen LogP contribution >= 0.6 is 0 Å². The van der Waals surface area contributed by atoms with E-state index in [9.17, 15) is 0 Å². The molecule has 0 aliphatic heterocycles. The maximum Gasteiger partial charge on any atom is 0.0953 e. The van der Waals surface area contributed by atoms with E-state index in [2.05, 4.69) is 44.3 Å². The Morgan fingerprint density at radius 3 is 2.56 bits per heavy atom. The Bertz CT molecular complexity index is 488. The van der Waals surface area contributed by atoms with Crippen molar-refractivity contribution in [2.45, 2.75) is 33.2 Å². The minimum atomic E-state index is 0.225. The Morgan fingerprint density at radius 2 is 1.94 bits per heavy atom. The molecule has 2 heteroatoms. The van der Waals surface area contributed by atoms with Crippen LogP contribution in [0.5, 0.6) is 0 Å². The molecule has 2 nitrogen and oxygen atoms in total. The highest BCUT2D eigenvalue weighted by atomic mass is 16.3. The molecule has 0 fully saturated rings. The highest BCUT2D eigenvalue weighted by Gasteiger charge is 2.14. The number of nitrogens with one attached hydrogen (secondary N) is 1. The molecule has 96 valence electrons. The van der Waals surface area contributed by atoms with E-state index in [1.807, 2.05) is 12.3 Å². The van der Waals surface area contributed by atoms with E-state index in [1.165, 1.54) is 22.3 Å². The summed E-state index contributed by atoms with van der Waals surface area (Å²) < 4.78 is 5.21. The smallest absolute Gasteiger partial charge is 0.0953 e. The highest BCUT2D eigenvalue weighted by Crippen LogP contribution is 2.24. The van der Waals surface area contributed by atoms with Gasteiger partial charge in [0.1, 0.15) is 0 Å². The first-order chi connectivity index (χ1) is 8.72. The first-order valence-corrected chi connectivity index (χ1v) is 6.55. The molecule has 1 heterocycles. The molecular weight excluding hydrogens is 222 g/mol. The Hall–Kier alpha value is -1.54. The fourth-order valence-corrected chi connectivity index (χ4v) is 2.10. The predicted octanol–water partition coefficient (Wildman–Crippen LogP) is 3.99. The molecule has 18 heavy (non-hydrogen) atoms. The van der Waals surface area contributed by atoms with Crippen LogP contribution in [0.2, 0.25) is 0 Å². The number of aryl methyl sites for hydroxylation is 2. The number of rotatable bonds is 5. The molecule has 1 atom stereocenters. The summed E-state index contributed by atoms with van der Waals surface area (Å²) >= 11 is 0. The van der Waals surface area contributed by atoms with Crippen molar-refractivity contribution in [3.05, 3.63) is 59.0 Å². The van der Waals surface area contributed by atoms with Gasteiger partial charge < -0.3 is 9.73 Å². The van der Waals surface area contributed by atoms with Crippen molar-refractivity contribution in [2.75, 3.05) is 6.54 Å². The fraction of sp³-hybridized carbons (Fsp3) is 0.375. The Kier molecular flexibility index (Phi) is 4.21. The molecule has 2 rings (SSSR count). The number of benzene rings is 1. The van der Waals surface area contributed by atoms with Crippen molar-refractivity contribution >= 4 is 0 Å². The summed E-state index contributed by atoms with van der Waals surface area (Å²) in [6.45, 7) is 7.49. The molecule has 0 aliphatic rings. The SMILES string of the molecule is CCCNC(c1ccoc1)c1ccc(C)c(C)c1. The summed E-state index contributed by atoms with van der Waals surface area (Å²) in [6.07, 6.45) is 4.68. The molecule has 1 N–H and O–H groups in total. The van der Waals surface area contributed by atoms with Crippen LogP contribution in [0.1, 0.15) is 41.6 Å². The lowest BCUT2D eigenvalue weighted by atomic mass is 9.97. The van der Waals surface area contributed by atoms with Crippen LogP contribution in [0.25, 0.3) is 0 Å². The van der Waals surface area contributed by atoms with E-state index < -0.39 is 0 Å². The van der Waals surface area contributed by atoms with Gasteiger partial charge in [-0.1, -0.05) is 25.1 Å². The van der Waals surface area contributed by atoms with Crippen LogP contribution < -0.4 is 5.32 Å². The van der Waals surface area contributed by atoms with Crippen molar-refractivity contribution in [1.29, 1.82) is 0 Å². The predicted molar refractivity (Wildman–Crippen MR) is 74.8 cm³/mol. The van der Waals surface area contributed by atoms with Crippen LogP contribution in [0, 0.1) is 13.8 Å². The second kappa shape index (κ2) is 5.87. The summed E-state index contributed by atoms with van der Waals surface area (Å²) in [6, 6.07) is 8.90. The van der Waals surface area contributed by atoms with E-state index in [4.69, 9.17) is 4.42 Å². The summed E-state index contributed by atoms with van der Waals surface area (Å²) in [5.41, 5.74) is 5.15. The Balaban J connectivity index is 2.30. The van der Waals surface area contributed by atoms with Crippen molar-refractivity contribution in [3.8, 4) is 0 Å². The second-order valence-corrected chi connectivity index (χ2v) is 4.79. The third kappa shape index (κ3) is 2.82. The largest absolute Gasteiger partial charge is 0.472 e. The maximum atomic E-state index is 5.21. The lowest BCUT2D eigenvalue weighted by Crippen LogP contribution is -2.22. The summed E-state index contributed by atoms with van der Waals surface area (Å²) in [5.74, 6) is 0. The molecule has 1 unspecified atom stereocenters. The normalized spacial score (nSPS) is 12.6. The average Bonchev–Trinajstić information content (AvgIpc) is 2.88. The molecule has 1 aromatic heterocycles. The van der Waals surface area contributed by atoms with Gasteiger partial charge in [-0.15, -0.1) is 0 Å². The standard InChI is InChI=1S/C16H21NO/c1-4-8-17-16(15-7-9-18-11-15)14-6-5-12(2)13(3)10-14/h5-7,9-11,16-17H,4,8H2,1-3H3. The quantitative estimate of drug-likeness (QED) is 0.859. The fourth-order valence-electron chi connectivity index (χ4n) is 2.10. The summed E-state index contributed by atoms with van der Waals surface area (Å²) in [5, 5.41) is 3.57. The van der Waals surface area contributed by atoms with Crippen molar-refractivity contribution in [1.82, 2.24) is 5.32 Å². The molecule has 0 saturated carbocycles. The van der Waals surface area contributed by atoms with Gasteiger partial charge in [0.25, 0.3) is 0 Å². The molecule has 0 aliphatic carbocycles. The van der Waals surface area contributed by atoms with Gasteiger partial charge in [0.05, 0.1) is 18.6 Å². The van der Waals surface area contributed by atoms with Crippen LogP contribution in [0.4, 0.5) is 0 Å². The van der Waals surface area contributed by atoms with Gasteiger partial charge in [0, 0.05) is 5.56 Å². The molecule has 0 radical (unpaired) electrons. The summed E-state index contributed by atoms with van der Waals surface area (Å²) in [7, 11) is 0. The van der Waals surface area contributed by atoms with Gasteiger partial charge in [0.15, 0.2) is 0 Å². The molecule has 1 aromatic carbocycles. The van der Waals surface area contributed by atoms with Gasteiger partial charge in [-0.3, -0.25) is 0 Å². The van der Waals surface area contributed by atoms with Crippen molar-refractivity contribution in [3.63, 3.8) is 0 Å². The Morgan fingerprint density at radius 1 is 1.11 bits per heavy atom. The van der Waals surface area contributed by atoms with Crippen LogP contribution in [0.15, 0.2) is 41.2 Å². The lowest BCUT2D eigenvalue weighted by molar-refractivity contribution is 0.548. The van der Waals surface area contributed by atoms with Gasteiger partial charge >= 0.3 is 0 Å². The van der Waals surface area contributed by atoms with Gasteiger partial charge in [-0.05, 0) is 49.6 Å². The van der Waals surface area contributed by atoms with Gasteiger partial charge in [0.2, 0.25) is 0 Å². The zero-order valence-electron chi connectivity index (χ0n) is 11.4. The lowest BCUT2D eigenvalue weighted by Gasteiger charge is -2.18. The minimum Gasteiger partial charge on any atom is -0.472 e.